The Balaban J connectivity index is 1.93. The molecule has 0 saturated heterocycles. The average Bonchev–Trinajstić information content (AvgIpc) is 3.03. The minimum absolute atomic E-state index is 0.186. The van der Waals surface area contributed by atoms with Crippen molar-refractivity contribution in [2.24, 2.45) is 0 Å². The lowest BCUT2D eigenvalue weighted by Crippen LogP contribution is -2.61. The number of aliphatic hydroxyl groups excluding tert-OH is 1. The average molecular weight is 464 g/mol. The number of aromatic hydroxyl groups is 1. The maximum absolute atomic E-state index is 13.0. The van der Waals surface area contributed by atoms with Gasteiger partial charge in [-0.25, -0.2) is 13.9 Å². The number of benzene rings is 2. The van der Waals surface area contributed by atoms with Crippen LogP contribution in [0.2, 0.25) is 0 Å². The summed E-state index contributed by atoms with van der Waals surface area (Å²) in [5, 5.41) is 32.5. The number of aliphatic hydroxyl groups is 1. The second-order valence-electron chi connectivity index (χ2n) is 7.89. The summed E-state index contributed by atoms with van der Waals surface area (Å²) in [7, 11) is -4.04. The highest BCUT2D eigenvalue weighted by Gasteiger charge is 2.44. The molecule has 0 saturated carbocycles. The zero-order valence-corrected chi connectivity index (χ0v) is 18.1. The summed E-state index contributed by atoms with van der Waals surface area (Å²) in [4.78, 5) is 25.6. The minimum atomic E-state index is -4.04. The quantitative estimate of drug-likeness (QED) is 0.235. The Hall–Kier alpha value is -2.99. The van der Waals surface area contributed by atoms with Crippen LogP contribution < -0.4 is 15.5 Å². The monoisotopic (exact) mass is 463 g/mol. The number of fused-ring (bicyclic) bond motifs is 1. The molecule has 0 spiro atoms. The fraction of sp³-hybridized carbons (Fsp3) is 0.333. The van der Waals surface area contributed by atoms with Gasteiger partial charge in [0, 0.05) is 12.8 Å². The predicted octanol–water partition coefficient (Wildman–Crippen LogP) is -0.107. The maximum Gasteiger partial charge on any atom is 0.265 e. The molecule has 0 aliphatic heterocycles. The zero-order chi connectivity index (χ0) is 23.5. The van der Waals surface area contributed by atoms with E-state index in [1.54, 1.807) is 24.3 Å². The van der Waals surface area contributed by atoms with Gasteiger partial charge in [0.2, 0.25) is 15.9 Å². The molecular formula is C21H25N3O7S. The standard InChI is InChI=1S/C21H25N3O7S/c1-32(30,31)24-21(20(28)23-29,11-14-7-3-5-9-16(14)25)12-18(27)22-19-15-8-4-2-6-13(15)10-17(19)26/h2-9,17,19,24-26,29H,10-12H2,1H3,(H,22,27)(H,23,28)/t17-,19+,21+/m1/s1. The van der Waals surface area contributed by atoms with Crippen molar-refractivity contribution in [1.29, 1.82) is 0 Å². The summed E-state index contributed by atoms with van der Waals surface area (Å²) in [5.74, 6) is -2.12. The molecule has 3 atom stereocenters. The molecule has 2 aromatic rings. The number of sulfonamides is 1. The number of nitrogens with one attached hydrogen (secondary N) is 3. The van der Waals surface area contributed by atoms with Gasteiger partial charge in [0.25, 0.3) is 5.91 Å². The Morgan fingerprint density at radius 2 is 1.78 bits per heavy atom. The highest BCUT2D eigenvalue weighted by Crippen LogP contribution is 2.32. The number of carbonyl (C=O) groups is 2. The number of phenolic OH excluding ortho intramolecular Hbond substituents is 1. The van der Waals surface area contributed by atoms with E-state index in [0.717, 1.165) is 17.4 Å². The number of para-hydroxylation sites is 1. The Morgan fingerprint density at radius 1 is 1.12 bits per heavy atom. The summed E-state index contributed by atoms with van der Waals surface area (Å²) in [6, 6.07) is 12.4. The van der Waals surface area contributed by atoms with Gasteiger partial charge in [0.1, 0.15) is 11.3 Å². The molecule has 0 aromatic heterocycles. The first-order valence-electron chi connectivity index (χ1n) is 9.80. The molecular weight excluding hydrogens is 438 g/mol. The summed E-state index contributed by atoms with van der Waals surface area (Å²) in [6.07, 6.45) is -0.865. The van der Waals surface area contributed by atoms with Crippen LogP contribution in [0.5, 0.6) is 5.75 Å². The van der Waals surface area contributed by atoms with E-state index in [2.05, 4.69) is 10.0 Å². The highest BCUT2D eigenvalue weighted by molar-refractivity contribution is 7.88. The minimum Gasteiger partial charge on any atom is -0.508 e. The molecule has 172 valence electrons. The highest BCUT2D eigenvalue weighted by atomic mass is 32.2. The third-order valence-electron chi connectivity index (χ3n) is 5.38. The topological polar surface area (TPSA) is 165 Å². The van der Waals surface area contributed by atoms with E-state index in [0.29, 0.717) is 6.42 Å². The SMILES string of the molecule is CS(=O)(=O)N[C@](CC(=O)N[C@H]1c2ccccc2C[C@H]1O)(Cc1ccccc1O)C(=O)NO. The van der Waals surface area contributed by atoms with Crippen LogP contribution in [0.3, 0.4) is 0 Å². The largest absolute Gasteiger partial charge is 0.508 e. The Morgan fingerprint density at radius 3 is 2.44 bits per heavy atom. The zero-order valence-electron chi connectivity index (χ0n) is 17.3. The number of carbonyl (C=O) groups excluding carboxylic acids is 2. The number of hydrogen-bond acceptors (Lipinski definition) is 7. The van der Waals surface area contributed by atoms with Crippen molar-refractivity contribution >= 4 is 21.8 Å². The Kier molecular flexibility index (Phi) is 6.84. The van der Waals surface area contributed by atoms with E-state index in [-0.39, 0.29) is 11.3 Å². The van der Waals surface area contributed by atoms with Crippen LogP contribution in [0, 0.1) is 0 Å². The summed E-state index contributed by atoms with van der Waals surface area (Å²) < 4.78 is 26.3. The van der Waals surface area contributed by atoms with E-state index in [1.807, 2.05) is 12.1 Å². The third kappa shape index (κ3) is 5.25. The van der Waals surface area contributed by atoms with E-state index >= 15 is 0 Å². The van der Waals surface area contributed by atoms with E-state index < -0.39 is 52.4 Å². The molecule has 0 unspecified atom stereocenters. The molecule has 1 aliphatic rings. The van der Waals surface area contributed by atoms with Crippen LogP contribution in [-0.4, -0.2) is 53.6 Å². The van der Waals surface area contributed by atoms with Gasteiger partial charge < -0.3 is 15.5 Å². The first kappa shape index (κ1) is 23.7. The van der Waals surface area contributed by atoms with Crippen LogP contribution in [-0.2, 0) is 32.5 Å². The fourth-order valence-corrected chi connectivity index (χ4v) is 4.98. The molecule has 32 heavy (non-hydrogen) atoms. The lowest BCUT2D eigenvalue weighted by Gasteiger charge is -2.32. The summed E-state index contributed by atoms with van der Waals surface area (Å²) >= 11 is 0. The van der Waals surface area contributed by atoms with Crippen LogP contribution in [0.25, 0.3) is 0 Å². The number of rotatable bonds is 8. The number of hydroxylamine groups is 1. The lowest BCUT2D eigenvalue weighted by atomic mass is 9.86. The fourth-order valence-electron chi connectivity index (χ4n) is 4.04. The van der Waals surface area contributed by atoms with Gasteiger partial charge in [0.05, 0.1) is 24.8 Å². The normalized spacial score (nSPS) is 19.6. The third-order valence-corrected chi connectivity index (χ3v) is 6.15. The molecule has 3 rings (SSSR count). The number of hydrogen-bond donors (Lipinski definition) is 6. The molecule has 2 amide bonds. The molecule has 2 aromatic carbocycles. The van der Waals surface area contributed by atoms with E-state index in [9.17, 15) is 33.4 Å². The second kappa shape index (κ2) is 9.25. The van der Waals surface area contributed by atoms with Gasteiger partial charge in [-0.05, 0) is 22.8 Å². The van der Waals surface area contributed by atoms with Crippen LogP contribution in [0.15, 0.2) is 48.5 Å². The second-order valence-corrected chi connectivity index (χ2v) is 9.64. The van der Waals surface area contributed by atoms with Crippen molar-refractivity contribution < 1.29 is 33.4 Å². The van der Waals surface area contributed by atoms with Crippen LogP contribution >= 0.6 is 0 Å². The number of amides is 2. The molecule has 0 fully saturated rings. The molecule has 0 radical (unpaired) electrons. The van der Waals surface area contributed by atoms with E-state index in [1.165, 1.54) is 17.6 Å². The molecule has 6 N–H and O–H groups in total. The Labute approximate surface area is 185 Å². The first-order valence-corrected chi connectivity index (χ1v) is 11.7. The van der Waals surface area contributed by atoms with Crippen LogP contribution in [0.1, 0.15) is 29.2 Å². The van der Waals surface area contributed by atoms with Gasteiger partial charge in [-0.1, -0.05) is 42.5 Å². The van der Waals surface area contributed by atoms with Gasteiger partial charge in [-0.3, -0.25) is 14.8 Å². The van der Waals surface area contributed by atoms with Crippen molar-refractivity contribution in [1.82, 2.24) is 15.5 Å². The van der Waals surface area contributed by atoms with Gasteiger partial charge >= 0.3 is 0 Å². The molecule has 0 bridgehead atoms. The smallest absolute Gasteiger partial charge is 0.265 e. The van der Waals surface area contributed by atoms with Gasteiger partial charge in [0.15, 0.2) is 0 Å². The van der Waals surface area contributed by atoms with Crippen molar-refractivity contribution in [3.05, 3.63) is 65.2 Å². The maximum atomic E-state index is 13.0. The van der Waals surface area contributed by atoms with Gasteiger partial charge in [-0.2, -0.15) is 4.72 Å². The predicted molar refractivity (Wildman–Crippen MR) is 114 cm³/mol. The van der Waals surface area contributed by atoms with Crippen molar-refractivity contribution in [3.8, 4) is 5.75 Å². The first-order chi connectivity index (χ1) is 15.0. The van der Waals surface area contributed by atoms with Crippen molar-refractivity contribution in [2.75, 3.05) is 6.26 Å². The summed E-state index contributed by atoms with van der Waals surface area (Å²) in [6.45, 7) is 0. The lowest BCUT2D eigenvalue weighted by molar-refractivity contribution is -0.139. The number of phenols is 1. The Bertz CT molecular complexity index is 1120. The molecule has 11 heteroatoms. The molecule has 0 heterocycles. The van der Waals surface area contributed by atoms with Crippen molar-refractivity contribution in [3.63, 3.8) is 0 Å². The van der Waals surface area contributed by atoms with Gasteiger partial charge in [-0.15, -0.1) is 0 Å². The summed E-state index contributed by atoms with van der Waals surface area (Å²) in [5.41, 5.74) is 1.05. The van der Waals surface area contributed by atoms with Crippen LogP contribution in [0.4, 0.5) is 0 Å². The van der Waals surface area contributed by atoms with Crippen molar-refractivity contribution in [2.45, 2.75) is 36.9 Å². The van der Waals surface area contributed by atoms with E-state index in [4.69, 9.17) is 0 Å². The molecule has 1 aliphatic carbocycles. The molecule has 10 nitrogen and oxygen atoms in total.